The van der Waals surface area contributed by atoms with E-state index < -0.39 is 5.79 Å². The topological polar surface area (TPSA) is 87.8 Å². The van der Waals surface area contributed by atoms with Crippen LogP contribution in [0.5, 0.6) is 11.5 Å². The normalized spacial score (nSPS) is 21.4. The van der Waals surface area contributed by atoms with Crippen LogP contribution >= 0.6 is 0 Å². The lowest BCUT2D eigenvalue weighted by Crippen LogP contribution is -2.48. The fraction of sp³-hybridized carbons (Fsp3) is 0.375. The predicted molar refractivity (Wildman–Crippen MR) is 116 cm³/mol. The monoisotopic (exact) mass is 432 g/mol. The number of para-hydroxylation sites is 2. The Kier molecular flexibility index (Phi) is 4.34. The SMILES string of the molecule is O=C(c1ccc2[nH]ncc2c1)N1CCCC(C(=O)N2CCC3(C2)Oc2ccccc2O3)C1. The quantitative estimate of drug-likeness (QED) is 0.673. The summed E-state index contributed by atoms with van der Waals surface area (Å²) in [6.45, 7) is 2.10. The lowest BCUT2D eigenvalue weighted by atomic mass is 9.96. The van der Waals surface area contributed by atoms with Crippen molar-refractivity contribution in [3.05, 3.63) is 54.2 Å². The van der Waals surface area contributed by atoms with E-state index in [1.165, 1.54) is 0 Å². The molecular weight excluding hydrogens is 408 g/mol. The fourth-order valence-electron chi connectivity index (χ4n) is 5.03. The summed E-state index contributed by atoms with van der Waals surface area (Å²) in [7, 11) is 0. The molecular formula is C24H24N4O4. The maximum Gasteiger partial charge on any atom is 0.270 e. The van der Waals surface area contributed by atoms with Gasteiger partial charge in [0, 0.05) is 37.0 Å². The molecule has 0 bridgehead atoms. The minimum absolute atomic E-state index is 0.0404. The zero-order valence-corrected chi connectivity index (χ0v) is 17.6. The number of nitrogens with zero attached hydrogens (tertiary/aromatic N) is 3. The summed E-state index contributed by atoms with van der Waals surface area (Å²) < 4.78 is 12.2. The van der Waals surface area contributed by atoms with Crippen LogP contribution in [0, 0.1) is 5.92 Å². The van der Waals surface area contributed by atoms with Gasteiger partial charge in [-0.1, -0.05) is 12.1 Å². The molecule has 2 aromatic carbocycles. The number of benzene rings is 2. The third-order valence-corrected chi connectivity index (χ3v) is 6.69. The molecule has 1 aromatic heterocycles. The smallest absolute Gasteiger partial charge is 0.270 e. The van der Waals surface area contributed by atoms with Crippen LogP contribution < -0.4 is 9.47 Å². The first-order valence-corrected chi connectivity index (χ1v) is 11.1. The number of carbonyl (C=O) groups is 2. The Morgan fingerprint density at radius 1 is 1.06 bits per heavy atom. The van der Waals surface area contributed by atoms with E-state index in [4.69, 9.17) is 9.47 Å². The van der Waals surface area contributed by atoms with E-state index in [1.54, 1.807) is 11.1 Å². The molecule has 1 unspecified atom stereocenters. The molecule has 2 fully saturated rings. The van der Waals surface area contributed by atoms with Crippen molar-refractivity contribution in [3.63, 3.8) is 0 Å². The molecule has 0 saturated carbocycles. The van der Waals surface area contributed by atoms with E-state index in [1.807, 2.05) is 47.4 Å². The Labute approximate surface area is 185 Å². The second-order valence-corrected chi connectivity index (χ2v) is 8.83. The number of hydrogen-bond acceptors (Lipinski definition) is 5. The zero-order chi connectivity index (χ0) is 21.7. The van der Waals surface area contributed by atoms with Gasteiger partial charge in [-0.15, -0.1) is 0 Å². The van der Waals surface area contributed by atoms with Crippen molar-refractivity contribution in [2.24, 2.45) is 5.92 Å². The van der Waals surface area contributed by atoms with Crippen LogP contribution in [-0.4, -0.2) is 63.8 Å². The van der Waals surface area contributed by atoms with Gasteiger partial charge in [-0.05, 0) is 43.2 Å². The number of nitrogens with one attached hydrogen (secondary N) is 1. The number of carbonyl (C=O) groups excluding carboxylic acids is 2. The van der Waals surface area contributed by atoms with Crippen LogP contribution in [0.3, 0.4) is 0 Å². The van der Waals surface area contributed by atoms with E-state index >= 15 is 0 Å². The van der Waals surface area contributed by atoms with Crippen molar-refractivity contribution in [1.29, 1.82) is 0 Å². The number of hydrogen-bond donors (Lipinski definition) is 1. The van der Waals surface area contributed by atoms with Gasteiger partial charge < -0.3 is 19.3 Å². The third kappa shape index (κ3) is 3.18. The molecule has 8 heteroatoms. The van der Waals surface area contributed by atoms with E-state index in [9.17, 15) is 9.59 Å². The second-order valence-electron chi connectivity index (χ2n) is 8.83. The molecule has 1 atom stereocenters. The summed E-state index contributed by atoms with van der Waals surface area (Å²) in [6.07, 6.45) is 3.94. The maximum atomic E-state index is 13.3. The van der Waals surface area contributed by atoms with Crippen molar-refractivity contribution in [2.45, 2.75) is 25.0 Å². The molecule has 2 saturated heterocycles. The van der Waals surface area contributed by atoms with Crippen LogP contribution in [0.1, 0.15) is 29.6 Å². The highest BCUT2D eigenvalue weighted by Gasteiger charge is 2.49. The van der Waals surface area contributed by atoms with Gasteiger partial charge in [-0.2, -0.15) is 5.10 Å². The van der Waals surface area contributed by atoms with E-state index in [-0.39, 0.29) is 17.7 Å². The molecule has 8 nitrogen and oxygen atoms in total. The van der Waals surface area contributed by atoms with Gasteiger partial charge in [0.05, 0.1) is 24.2 Å². The number of fused-ring (bicyclic) bond motifs is 2. The van der Waals surface area contributed by atoms with E-state index in [0.29, 0.717) is 38.2 Å². The van der Waals surface area contributed by atoms with Crippen LogP contribution in [-0.2, 0) is 4.79 Å². The second kappa shape index (κ2) is 7.25. The lowest BCUT2D eigenvalue weighted by molar-refractivity contribution is -0.139. The van der Waals surface area contributed by atoms with Crippen LogP contribution in [0.15, 0.2) is 48.7 Å². The lowest BCUT2D eigenvalue weighted by Gasteiger charge is -2.34. The molecule has 1 N–H and O–H groups in total. The van der Waals surface area contributed by atoms with Gasteiger partial charge in [0.15, 0.2) is 11.5 Å². The first-order valence-electron chi connectivity index (χ1n) is 11.1. The highest BCUT2D eigenvalue weighted by Crippen LogP contribution is 2.43. The number of ether oxygens (including phenoxy) is 2. The molecule has 2 amide bonds. The first-order chi connectivity index (χ1) is 15.6. The Hall–Kier alpha value is -3.55. The molecule has 3 aromatic rings. The number of piperidine rings is 1. The van der Waals surface area contributed by atoms with Crippen molar-refractivity contribution in [3.8, 4) is 11.5 Å². The summed E-state index contributed by atoms with van der Waals surface area (Å²) in [5, 5.41) is 7.82. The highest BCUT2D eigenvalue weighted by molar-refractivity contribution is 5.98. The molecule has 6 rings (SSSR count). The number of rotatable bonds is 2. The first kappa shape index (κ1) is 19.2. The zero-order valence-electron chi connectivity index (χ0n) is 17.6. The third-order valence-electron chi connectivity index (χ3n) is 6.69. The fourth-order valence-corrected chi connectivity index (χ4v) is 5.03. The molecule has 3 aliphatic heterocycles. The molecule has 4 heterocycles. The van der Waals surface area contributed by atoms with Crippen molar-refractivity contribution < 1.29 is 19.1 Å². The summed E-state index contributed by atoms with van der Waals surface area (Å²) in [5.74, 6) is 0.499. The maximum absolute atomic E-state index is 13.3. The summed E-state index contributed by atoms with van der Waals surface area (Å²) in [6, 6.07) is 13.1. The summed E-state index contributed by atoms with van der Waals surface area (Å²) >= 11 is 0. The van der Waals surface area contributed by atoms with Gasteiger partial charge in [-0.25, -0.2) is 0 Å². The Balaban J connectivity index is 1.13. The van der Waals surface area contributed by atoms with Crippen molar-refractivity contribution in [2.75, 3.05) is 26.2 Å². The number of aromatic nitrogens is 2. The minimum Gasteiger partial charge on any atom is -0.447 e. The molecule has 3 aliphatic rings. The standard InChI is InChI=1S/C24H24N4O4/c29-22(16-7-8-19-18(12-16)13-25-26-19)27-10-3-4-17(14-27)23(30)28-11-9-24(15-28)31-20-5-1-2-6-21(20)32-24/h1-2,5-8,12-13,17H,3-4,9-11,14-15H2,(H,25,26). The van der Waals surface area contributed by atoms with Gasteiger partial charge >= 0.3 is 0 Å². The molecule has 32 heavy (non-hydrogen) atoms. The average Bonchev–Trinajstić information content (AvgIpc) is 3.55. The number of likely N-dealkylation sites (tertiary alicyclic amines) is 2. The Morgan fingerprint density at radius 2 is 1.88 bits per heavy atom. The van der Waals surface area contributed by atoms with Gasteiger partial charge in [0.1, 0.15) is 0 Å². The van der Waals surface area contributed by atoms with Crippen molar-refractivity contribution in [1.82, 2.24) is 20.0 Å². The van der Waals surface area contributed by atoms with Gasteiger partial charge in [0.25, 0.3) is 11.7 Å². The predicted octanol–water partition coefficient (Wildman–Crippen LogP) is 2.82. The Morgan fingerprint density at radius 3 is 2.69 bits per heavy atom. The Bertz CT molecular complexity index is 1180. The number of aromatic amines is 1. The molecule has 0 radical (unpaired) electrons. The van der Waals surface area contributed by atoms with Gasteiger partial charge in [0.2, 0.25) is 5.91 Å². The van der Waals surface area contributed by atoms with E-state index in [2.05, 4.69) is 10.2 Å². The van der Waals surface area contributed by atoms with Crippen molar-refractivity contribution >= 4 is 22.7 Å². The van der Waals surface area contributed by atoms with Crippen LogP contribution in [0.4, 0.5) is 0 Å². The molecule has 164 valence electrons. The minimum atomic E-state index is -0.788. The van der Waals surface area contributed by atoms with E-state index in [0.717, 1.165) is 35.2 Å². The van der Waals surface area contributed by atoms with Crippen LogP contribution in [0.25, 0.3) is 10.9 Å². The van der Waals surface area contributed by atoms with Crippen LogP contribution in [0.2, 0.25) is 0 Å². The summed E-state index contributed by atoms with van der Waals surface area (Å²) in [5.41, 5.74) is 1.52. The average molecular weight is 432 g/mol. The molecule has 0 aliphatic carbocycles. The largest absolute Gasteiger partial charge is 0.447 e. The number of amides is 2. The highest BCUT2D eigenvalue weighted by atomic mass is 16.7. The molecule has 1 spiro atoms. The summed E-state index contributed by atoms with van der Waals surface area (Å²) in [4.78, 5) is 30.1. The number of H-pyrrole nitrogens is 1. The van der Waals surface area contributed by atoms with Gasteiger partial charge in [-0.3, -0.25) is 14.7 Å².